The van der Waals surface area contributed by atoms with Crippen molar-refractivity contribution in [3.63, 3.8) is 0 Å². The summed E-state index contributed by atoms with van der Waals surface area (Å²) in [5, 5.41) is 4.45. The van der Waals surface area contributed by atoms with Crippen LogP contribution in [0.2, 0.25) is 0 Å². The average molecular weight is 330 g/mol. The molecule has 0 amide bonds. The van der Waals surface area contributed by atoms with E-state index in [1.54, 1.807) is 35.2 Å². The Hall–Kier alpha value is -1.72. The minimum absolute atomic E-state index is 0.233. The first-order valence-corrected chi connectivity index (χ1v) is 8.72. The maximum Gasteiger partial charge on any atom is 0.124 e. The van der Waals surface area contributed by atoms with Crippen LogP contribution in [-0.2, 0) is 0 Å². The number of hydrogen-bond donors (Lipinski definition) is 0. The fraction of sp³-hybridized carbons (Fsp3) is 0.176. The van der Waals surface area contributed by atoms with Crippen LogP contribution in [0.5, 0.6) is 0 Å². The molecule has 0 aliphatic rings. The molecule has 5 heteroatoms. The Morgan fingerprint density at radius 1 is 1.09 bits per heavy atom. The zero-order valence-electron chi connectivity index (χ0n) is 12.3. The van der Waals surface area contributed by atoms with Gasteiger partial charge >= 0.3 is 0 Å². The molecule has 0 spiro atoms. The molecule has 112 valence electrons. The lowest BCUT2D eigenvalue weighted by Crippen LogP contribution is -1.89. The van der Waals surface area contributed by atoms with Crippen LogP contribution in [0.3, 0.4) is 0 Å². The van der Waals surface area contributed by atoms with Crippen LogP contribution in [0, 0.1) is 5.82 Å². The molecule has 1 aromatic carbocycles. The molecule has 0 aliphatic carbocycles. The van der Waals surface area contributed by atoms with E-state index < -0.39 is 0 Å². The molecule has 0 radical (unpaired) electrons. The summed E-state index contributed by atoms with van der Waals surface area (Å²) in [6, 6.07) is 10.5. The van der Waals surface area contributed by atoms with E-state index in [2.05, 4.69) is 29.9 Å². The van der Waals surface area contributed by atoms with Gasteiger partial charge in [0, 0.05) is 28.0 Å². The van der Waals surface area contributed by atoms with Gasteiger partial charge in [-0.25, -0.2) is 14.4 Å². The number of halogens is 1. The summed E-state index contributed by atoms with van der Waals surface area (Å²) >= 11 is 3.32. The van der Waals surface area contributed by atoms with Crippen LogP contribution >= 0.6 is 23.1 Å². The molecule has 0 fully saturated rings. The average Bonchev–Trinajstić information content (AvgIpc) is 2.97. The van der Waals surface area contributed by atoms with Crippen molar-refractivity contribution in [2.24, 2.45) is 0 Å². The van der Waals surface area contributed by atoms with E-state index in [-0.39, 0.29) is 5.82 Å². The number of thiazole rings is 1. The highest BCUT2D eigenvalue weighted by atomic mass is 32.2. The van der Waals surface area contributed by atoms with E-state index in [1.165, 1.54) is 12.1 Å². The molecular weight excluding hydrogens is 315 g/mol. The largest absolute Gasteiger partial charge is 0.250 e. The number of aromatic nitrogens is 2. The lowest BCUT2D eigenvalue weighted by molar-refractivity contribution is 0.628. The maximum absolute atomic E-state index is 13.0. The fourth-order valence-electron chi connectivity index (χ4n) is 2.01. The highest BCUT2D eigenvalue weighted by Crippen LogP contribution is 2.31. The topological polar surface area (TPSA) is 25.8 Å². The van der Waals surface area contributed by atoms with E-state index >= 15 is 0 Å². The van der Waals surface area contributed by atoms with Crippen molar-refractivity contribution in [2.75, 3.05) is 0 Å². The molecule has 2 heterocycles. The summed E-state index contributed by atoms with van der Waals surface area (Å²) in [5.41, 5.74) is 2.86. The van der Waals surface area contributed by atoms with Gasteiger partial charge in [0.1, 0.15) is 10.8 Å². The van der Waals surface area contributed by atoms with Crippen molar-refractivity contribution in [1.82, 2.24) is 9.97 Å². The van der Waals surface area contributed by atoms with Gasteiger partial charge in [-0.3, -0.25) is 0 Å². The Bertz CT molecular complexity index is 766. The van der Waals surface area contributed by atoms with E-state index in [4.69, 9.17) is 0 Å². The van der Waals surface area contributed by atoms with Gasteiger partial charge in [-0.2, -0.15) is 0 Å². The second-order valence-corrected chi connectivity index (χ2v) is 7.55. The molecule has 0 saturated heterocycles. The SMILES string of the molecule is CC(C)Sc1cc(-c2nc(-c3ccc(F)cc3)cs2)ccn1. The van der Waals surface area contributed by atoms with Gasteiger partial charge in [0.15, 0.2) is 0 Å². The molecule has 3 rings (SSSR count). The van der Waals surface area contributed by atoms with Gasteiger partial charge in [0.05, 0.1) is 10.7 Å². The van der Waals surface area contributed by atoms with Crippen molar-refractivity contribution in [2.45, 2.75) is 24.1 Å². The van der Waals surface area contributed by atoms with Crippen molar-refractivity contribution in [3.05, 3.63) is 53.8 Å². The first-order chi connectivity index (χ1) is 10.6. The van der Waals surface area contributed by atoms with Crippen LogP contribution < -0.4 is 0 Å². The maximum atomic E-state index is 13.0. The predicted molar refractivity (Wildman–Crippen MR) is 91.7 cm³/mol. The van der Waals surface area contributed by atoms with Gasteiger partial charge in [0.25, 0.3) is 0 Å². The van der Waals surface area contributed by atoms with Gasteiger partial charge in [-0.05, 0) is 36.4 Å². The molecule has 2 nitrogen and oxygen atoms in total. The van der Waals surface area contributed by atoms with Gasteiger partial charge in [0.2, 0.25) is 0 Å². The van der Waals surface area contributed by atoms with E-state index in [0.29, 0.717) is 5.25 Å². The molecule has 0 bridgehead atoms. The van der Waals surface area contributed by atoms with Gasteiger partial charge in [-0.1, -0.05) is 13.8 Å². The summed E-state index contributed by atoms with van der Waals surface area (Å²) in [5.74, 6) is -0.233. The molecule has 2 aromatic heterocycles. The molecule has 0 N–H and O–H groups in total. The normalized spacial score (nSPS) is 11.1. The summed E-state index contributed by atoms with van der Waals surface area (Å²) < 4.78 is 13.0. The molecular formula is C17H15FN2S2. The van der Waals surface area contributed by atoms with E-state index in [9.17, 15) is 4.39 Å². The fourth-order valence-corrected chi connectivity index (χ4v) is 3.63. The number of nitrogens with zero attached hydrogens (tertiary/aromatic N) is 2. The Morgan fingerprint density at radius 2 is 1.86 bits per heavy atom. The summed E-state index contributed by atoms with van der Waals surface area (Å²) in [4.78, 5) is 9.04. The third kappa shape index (κ3) is 3.54. The lowest BCUT2D eigenvalue weighted by atomic mass is 10.2. The smallest absolute Gasteiger partial charge is 0.124 e. The van der Waals surface area contributed by atoms with Gasteiger partial charge < -0.3 is 0 Å². The number of pyridine rings is 1. The minimum atomic E-state index is -0.233. The van der Waals surface area contributed by atoms with E-state index in [0.717, 1.165) is 26.9 Å². The highest BCUT2D eigenvalue weighted by Gasteiger charge is 2.09. The molecule has 3 aromatic rings. The zero-order valence-corrected chi connectivity index (χ0v) is 13.9. The third-order valence-electron chi connectivity index (χ3n) is 2.98. The third-order valence-corrected chi connectivity index (χ3v) is 4.81. The van der Waals surface area contributed by atoms with Crippen molar-refractivity contribution in [1.29, 1.82) is 0 Å². The highest BCUT2D eigenvalue weighted by molar-refractivity contribution is 7.99. The molecule has 0 unspecified atom stereocenters. The quantitative estimate of drug-likeness (QED) is 0.590. The predicted octanol–water partition coefficient (Wildman–Crippen LogP) is 5.51. The van der Waals surface area contributed by atoms with Crippen molar-refractivity contribution < 1.29 is 4.39 Å². The standard InChI is InChI=1S/C17H15FN2S2/c1-11(2)22-16-9-13(7-8-19-16)17-20-15(10-21-17)12-3-5-14(18)6-4-12/h3-11H,1-2H3. The molecule has 0 aliphatic heterocycles. The second kappa shape index (κ2) is 6.58. The number of hydrogen-bond acceptors (Lipinski definition) is 4. The number of rotatable bonds is 4. The Morgan fingerprint density at radius 3 is 2.59 bits per heavy atom. The van der Waals surface area contributed by atoms with Crippen LogP contribution in [0.15, 0.2) is 53.0 Å². The Balaban J connectivity index is 1.89. The van der Waals surface area contributed by atoms with E-state index in [1.807, 2.05) is 17.6 Å². The van der Waals surface area contributed by atoms with Crippen LogP contribution in [0.25, 0.3) is 21.8 Å². The zero-order chi connectivity index (χ0) is 15.5. The Kier molecular flexibility index (Phi) is 4.55. The van der Waals surface area contributed by atoms with Crippen LogP contribution in [-0.4, -0.2) is 15.2 Å². The first-order valence-electron chi connectivity index (χ1n) is 6.96. The number of thioether (sulfide) groups is 1. The molecule has 0 atom stereocenters. The summed E-state index contributed by atoms with van der Waals surface area (Å²) in [7, 11) is 0. The lowest BCUT2D eigenvalue weighted by Gasteiger charge is -2.04. The first kappa shape index (κ1) is 15.2. The second-order valence-electron chi connectivity index (χ2n) is 5.09. The Labute approximate surface area is 137 Å². The van der Waals surface area contributed by atoms with Crippen LogP contribution in [0.1, 0.15) is 13.8 Å². The summed E-state index contributed by atoms with van der Waals surface area (Å²) in [6.45, 7) is 4.30. The molecule has 22 heavy (non-hydrogen) atoms. The van der Waals surface area contributed by atoms with Crippen molar-refractivity contribution >= 4 is 23.1 Å². The van der Waals surface area contributed by atoms with Crippen LogP contribution in [0.4, 0.5) is 4.39 Å². The molecule has 0 saturated carbocycles. The number of benzene rings is 1. The summed E-state index contributed by atoms with van der Waals surface area (Å²) in [6.07, 6.45) is 1.82. The van der Waals surface area contributed by atoms with Crippen molar-refractivity contribution in [3.8, 4) is 21.8 Å². The van der Waals surface area contributed by atoms with Gasteiger partial charge in [-0.15, -0.1) is 23.1 Å². The monoisotopic (exact) mass is 330 g/mol. The minimum Gasteiger partial charge on any atom is -0.250 e.